The van der Waals surface area contributed by atoms with Crippen LogP contribution >= 0.6 is 15.8 Å². The first-order valence-corrected chi connectivity index (χ1v) is 19.7. The maximum atomic E-state index is 6.29. The lowest BCUT2D eigenvalue weighted by atomic mass is 9.72. The van der Waals surface area contributed by atoms with E-state index in [9.17, 15) is 0 Å². The number of rotatable bonds is 6. The highest BCUT2D eigenvalue weighted by Crippen LogP contribution is 2.59. The van der Waals surface area contributed by atoms with E-state index in [2.05, 4.69) is 182 Å². The zero-order valence-corrected chi connectivity index (χ0v) is 28.7. The van der Waals surface area contributed by atoms with Crippen LogP contribution in [0.2, 0.25) is 0 Å². The molecule has 6 aromatic rings. The van der Waals surface area contributed by atoms with Crippen LogP contribution in [0.5, 0.6) is 0 Å². The minimum absolute atomic E-state index is 0. The lowest BCUT2D eigenvalue weighted by molar-refractivity contribution is -0.00000897. The Kier molecular flexibility index (Phi) is 9.34. The molecule has 0 aliphatic carbocycles. The molecule has 0 bridgehead atoms. The topological polar surface area (TPSA) is 14.1 Å². The SMILES string of the molecule is [F-].c1ccc(P2CCC(c3ccccc3)(c3ccccc3)C2=[N+]=C2P(c3ccccc3)CCC2(c2ccccc2)c2ccccc2)cc1. The molecule has 0 spiro atoms. The van der Waals surface area contributed by atoms with Gasteiger partial charge in [-0.3, -0.25) is 0 Å². The molecule has 2 unspecified atom stereocenters. The van der Waals surface area contributed by atoms with Crippen molar-refractivity contribution in [3.8, 4) is 0 Å². The summed E-state index contributed by atoms with van der Waals surface area (Å²) in [6.45, 7) is 0. The molecule has 0 aromatic heterocycles. The Morgan fingerprint density at radius 1 is 0.354 bits per heavy atom. The maximum absolute atomic E-state index is 6.29. The molecule has 2 atom stereocenters. The normalized spacial score (nSPS) is 19.3. The first kappa shape index (κ1) is 32.1. The number of hydrogen-bond acceptors (Lipinski definition) is 0. The fourth-order valence-corrected chi connectivity index (χ4v) is 13.7. The Bertz CT molecular complexity index is 1790. The zero-order chi connectivity index (χ0) is 31.5. The summed E-state index contributed by atoms with van der Waals surface area (Å²) in [6, 6.07) is 67.4. The highest BCUT2D eigenvalue weighted by molar-refractivity contribution is 7.84. The molecule has 236 valence electrons. The molecule has 0 amide bonds. The number of halogens is 1. The van der Waals surface area contributed by atoms with Gasteiger partial charge in [-0.2, -0.15) is 0 Å². The Balaban J connectivity index is 0.00000364. The molecule has 2 aliphatic heterocycles. The third kappa shape index (κ3) is 5.49. The van der Waals surface area contributed by atoms with Crippen molar-refractivity contribution in [2.24, 2.45) is 0 Å². The van der Waals surface area contributed by atoms with Crippen molar-refractivity contribution in [2.75, 3.05) is 12.3 Å². The van der Waals surface area contributed by atoms with Crippen LogP contribution in [0.3, 0.4) is 0 Å². The van der Waals surface area contributed by atoms with Crippen LogP contribution in [0, 0.1) is 0 Å². The van der Waals surface area contributed by atoms with Gasteiger partial charge in [-0.05, 0) is 58.0 Å². The van der Waals surface area contributed by atoms with Gasteiger partial charge in [-0.15, -0.1) is 0 Å². The minimum atomic E-state index is -0.683. The minimum Gasteiger partial charge on any atom is -1.00 e. The van der Waals surface area contributed by atoms with Gasteiger partial charge in [0.2, 0.25) is 0 Å². The predicted molar refractivity (Wildman–Crippen MR) is 204 cm³/mol. The van der Waals surface area contributed by atoms with E-state index in [4.69, 9.17) is 4.67 Å². The van der Waals surface area contributed by atoms with Crippen molar-refractivity contribution in [2.45, 2.75) is 23.7 Å². The highest BCUT2D eigenvalue weighted by atomic mass is 31.1. The Hall–Kier alpha value is -4.44. The molecule has 1 nitrogen and oxygen atoms in total. The molecule has 8 rings (SSSR count). The first-order chi connectivity index (χ1) is 23.3. The van der Waals surface area contributed by atoms with E-state index in [0.717, 1.165) is 25.2 Å². The number of nitrogens with zero attached hydrogens (tertiary/aromatic N) is 1. The second kappa shape index (κ2) is 14.0. The van der Waals surface area contributed by atoms with Gasteiger partial charge in [-0.25, -0.2) is 0 Å². The van der Waals surface area contributed by atoms with Gasteiger partial charge >= 0.3 is 10.9 Å². The summed E-state index contributed by atoms with van der Waals surface area (Å²) >= 11 is 0. The van der Waals surface area contributed by atoms with Crippen LogP contribution < -0.4 is 20.0 Å². The summed E-state index contributed by atoms with van der Waals surface area (Å²) < 4.78 is 6.29. The predicted octanol–water partition coefficient (Wildman–Crippen LogP) is 6.25. The van der Waals surface area contributed by atoms with Crippen LogP contribution in [0.1, 0.15) is 35.1 Å². The van der Waals surface area contributed by atoms with E-state index >= 15 is 0 Å². The van der Waals surface area contributed by atoms with Crippen LogP contribution in [0.25, 0.3) is 0 Å². The van der Waals surface area contributed by atoms with E-state index in [1.807, 2.05) is 0 Å². The summed E-state index contributed by atoms with van der Waals surface area (Å²) in [7, 11) is -1.37. The molecule has 2 heterocycles. The Morgan fingerprint density at radius 3 is 0.875 bits per heavy atom. The molecular weight excluding hydrogens is 623 g/mol. The lowest BCUT2D eigenvalue weighted by Gasteiger charge is -2.28. The molecule has 2 fully saturated rings. The van der Waals surface area contributed by atoms with Gasteiger partial charge in [0, 0.05) is 15.8 Å². The van der Waals surface area contributed by atoms with Gasteiger partial charge in [0.25, 0.3) is 0 Å². The lowest BCUT2D eigenvalue weighted by Crippen LogP contribution is -3.00. The van der Waals surface area contributed by atoms with Crippen molar-refractivity contribution in [1.29, 1.82) is 0 Å². The average molecular weight is 662 g/mol. The van der Waals surface area contributed by atoms with Gasteiger partial charge in [0.05, 0.1) is 0 Å². The molecular formula is C44H38FNP2. The first-order valence-electron chi connectivity index (χ1n) is 16.6. The molecule has 48 heavy (non-hydrogen) atoms. The third-order valence-electron chi connectivity index (χ3n) is 10.1. The quantitative estimate of drug-likeness (QED) is 0.148. The van der Waals surface area contributed by atoms with E-state index in [1.165, 1.54) is 43.8 Å². The van der Waals surface area contributed by atoms with Crippen molar-refractivity contribution in [3.05, 3.63) is 204 Å². The van der Waals surface area contributed by atoms with E-state index in [1.54, 1.807) is 0 Å². The van der Waals surface area contributed by atoms with Crippen LogP contribution in [-0.2, 0) is 10.8 Å². The van der Waals surface area contributed by atoms with E-state index in [-0.39, 0.29) is 15.5 Å². The van der Waals surface area contributed by atoms with Crippen molar-refractivity contribution in [1.82, 2.24) is 4.67 Å². The van der Waals surface area contributed by atoms with Gasteiger partial charge < -0.3 is 4.70 Å². The zero-order valence-electron chi connectivity index (χ0n) is 26.9. The monoisotopic (exact) mass is 661 g/mol. The molecule has 0 saturated carbocycles. The van der Waals surface area contributed by atoms with E-state index < -0.39 is 15.8 Å². The van der Waals surface area contributed by atoms with Crippen molar-refractivity contribution in [3.63, 3.8) is 0 Å². The smallest absolute Gasteiger partial charge is 0.318 e. The second-order valence-corrected chi connectivity index (χ2v) is 17.0. The maximum Gasteiger partial charge on any atom is 0.318 e. The Labute approximate surface area is 286 Å². The fourth-order valence-electron chi connectivity index (χ4n) is 7.90. The fraction of sp³-hybridized carbons (Fsp3) is 0.136. The molecule has 6 aromatic carbocycles. The van der Waals surface area contributed by atoms with Crippen LogP contribution in [-0.4, -0.2) is 23.2 Å². The largest absolute Gasteiger partial charge is 1.00 e. The second-order valence-electron chi connectivity index (χ2n) is 12.5. The number of benzene rings is 6. The van der Waals surface area contributed by atoms with Crippen LogP contribution in [0.4, 0.5) is 0 Å². The molecule has 0 N–H and O–H groups in total. The standard InChI is InChI=1S/C44H38NP2.FH/c1-7-19-35(20-8-1)43(36-21-9-2-10-22-36)31-33-46(39-27-15-5-16-28-39)41(43)45-42-44(37-23-11-3-12-24-37,38-25-13-4-14-26-38)32-34-47(42)40-29-17-6-18-30-40;/h1-30H,31-34H2;1H/q+1;/p-1. The summed E-state index contributed by atoms with van der Waals surface area (Å²) in [5.41, 5.74) is 7.47. The van der Waals surface area contributed by atoms with Gasteiger partial charge in [-0.1, -0.05) is 187 Å². The number of hydrogen-bond donors (Lipinski definition) is 0. The summed E-state index contributed by atoms with van der Waals surface area (Å²) in [5.74, 6) is 0. The van der Waals surface area contributed by atoms with Crippen molar-refractivity contribution < 1.29 is 4.70 Å². The van der Waals surface area contributed by atoms with E-state index in [0.29, 0.717) is 0 Å². The molecule has 4 heteroatoms. The summed E-state index contributed by atoms with van der Waals surface area (Å²) in [5, 5.41) is 2.84. The molecule has 0 radical (unpaired) electrons. The van der Waals surface area contributed by atoms with Gasteiger partial charge in [0.1, 0.15) is 10.8 Å². The third-order valence-corrected chi connectivity index (χ3v) is 15.3. The summed E-state index contributed by atoms with van der Waals surface area (Å²) in [4.78, 5) is 0. The summed E-state index contributed by atoms with van der Waals surface area (Å²) in [6.07, 6.45) is 4.31. The average Bonchev–Trinajstić information content (AvgIpc) is 3.74. The Morgan fingerprint density at radius 2 is 0.604 bits per heavy atom. The molecule has 2 aliphatic rings. The highest BCUT2D eigenvalue weighted by Gasteiger charge is 2.59. The van der Waals surface area contributed by atoms with Crippen LogP contribution in [0.15, 0.2) is 182 Å². The molecule has 2 saturated heterocycles. The van der Waals surface area contributed by atoms with Gasteiger partial charge in [0.15, 0.2) is 0 Å². The van der Waals surface area contributed by atoms with Crippen molar-refractivity contribution >= 4 is 37.4 Å².